The summed E-state index contributed by atoms with van der Waals surface area (Å²) in [5.74, 6) is 0.0752. The molecule has 0 aliphatic heterocycles. The minimum atomic E-state index is -4.58. The Morgan fingerprint density at radius 2 is 1.64 bits per heavy atom. The van der Waals surface area contributed by atoms with Crippen molar-refractivity contribution in [3.8, 4) is 22.6 Å². The van der Waals surface area contributed by atoms with Gasteiger partial charge in [0.15, 0.2) is 0 Å². The van der Waals surface area contributed by atoms with Crippen LogP contribution in [0.2, 0.25) is 0 Å². The molecule has 39 heavy (non-hydrogen) atoms. The van der Waals surface area contributed by atoms with Crippen molar-refractivity contribution in [2.45, 2.75) is 39.5 Å². The molecular formula is C29H31F3N2O5. The minimum absolute atomic E-state index is 0.0123. The van der Waals surface area contributed by atoms with E-state index in [-0.39, 0.29) is 44.0 Å². The lowest BCUT2D eigenvalue weighted by Gasteiger charge is -2.24. The molecule has 0 spiro atoms. The number of nitrogens with one attached hydrogen (secondary N) is 1. The monoisotopic (exact) mass is 544 g/mol. The predicted octanol–water partition coefficient (Wildman–Crippen LogP) is 5.92. The van der Waals surface area contributed by atoms with Gasteiger partial charge in [-0.1, -0.05) is 24.3 Å². The summed E-state index contributed by atoms with van der Waals surface area (Å²) in [7, 11) is 1.45. The number of esters is 1. The Balaban J connectivity index is 1.96. The number of ether oxygens (including phenoxy) is 2. The van der Waals surface area contributed by atoms with Gasteiger partial charge in [-0.2, -0.15) is 13.2 Å². The van der Waals surface area contributed by atoms with Gasteiger partial charge in [0.05, 0.1) is 25.7 Å². The normalized spacial score (nSPS) is 11.1. The van der Waals surface area contributed by atoms with Crippen molar-refractivity contribution in [3.05, 3.63) is 82.9 Å². The van der Waals surface area contributed by atoms with Crippen LogP contribution in [0.15, 0.2) is 60.7 Å². The lowest BCUT2D eigenvalue weighted by molar-refractivity contribution is -0.142. The minimum Gasteiger partial charge on any atom is -0.508 e. The van der Waals surface area contributed by atoms with Gasteiger partial charge in [-0.15, -0.1) is 0 Å². The number of hydrogen-bond donors (Lipinski definition) is 2. The van der Waals surface area contributed by atoms with Crippen molar-refractivity contribution >= 4 is 12.0 Å². The van der Waals surface area contributed by atoms with Gasteiger partial charge < -0.3 is 24.8 Å². The third-order valence-electron chi connectivity index (χ3n) is 6.05. The highest BCUT2D eigenvalue weighted by Crippen LogP contribution is 2.38. The third-order valence-corrected chi connectivity index (χ3v) is 6.05. The maximum Gasteiger partial charge on any atom is 0.416 e. The van der Waals surface area contributed by atoms with Crippen molar-refractivity contribution in [3.63, 3.8) is 0 Å². The summed E-state index contributed by atoms with van der Waals surface area (Å²) in [6.07, 6.45) is -4.59. The fourth-order valence-corrected chi connectivity index (χ4v) is 4.05. The highest BCUT2D eigenvalue weighted by molar-refractivity contribution is 5.79. The summed E-state index contributed by atoms with van der Waals surface area (Å²) in [5, 5.41) is 12.2. The Kier molecular flexibility index (Phi) is 9.81. The second-order valence-corrected chi connectivity index (χ2v) is 8.73. The second-order valence-electron chi connectivity index (χ2n) is 8.73. The van der Waals surface area contributed by atoms with Gasteiger partial charge in [0.2, 0.25) is 0 Å². The number of rotatable bonds is 10. The third kappa shape index (κ3) is 7.89. The fourth-order valence-electron chi connectivity index (χ4n) is 4.05. The van der Waals surface area contributed by atoms with E-state index in [1.807, 2.05) is 0 Å². The molecule has 0 aromatic heterocycles. The van der Waals surface area contributed by atoms with Crippen molar-refractivity contribution in [1.82, 2.24) is 10.2 Å². The summed E-state index contributed by atoms with van der Waals surface area (Å²) in [6, 6.07) is 14.2. The van der Waals surface area contributed by atoms with Crippen LogP contribution in [-0.4, -0.2) is 42.3 Å². The molecule has 0 bridgehead atoms. The summed E-state index contributed by atoms with van der Waals surface area (Å²) in [4.78, 5) is 26.4. The maximum atomic E-state index is 13.7. The van der Waals surface area contributed by atoms with Crippen LogP contribution < -0.4 is 10.1 Å². The van der Waals surface area contributed by atoms with E-state index in [4.69, 9.17) is 9.47 Å². The number of methoxy groups -OCH3 is 1. The first-order chi connectivity index (χ1) is 18.5. The van der Waals surface area contributed by atoms with Crippen LogP contribution in [0.3, 0.4) is 0 Å². The molecule has 7 nitrogen and oxygen atoms in total. The SMILES string of the molecule is CCOC(=O)Cc1ccc(OC)c(-c2ccc(C(F)(F)F)cc2CN(CC)C(=O)NCc2ccc(O)cc2)c1. The summed E-state index contributed by atoms with van der Waals surface area (Å²) in [5.41, 5.74) is 1.70. The van der Waals surface area contributed by atoms with E-state index >= 15 is 0 Å². The molecule has 2 N–H and O–H groups in total. The molecule has 2 amide bonds. The van der Waals surface area contributed by atoms with Crippen molar-refractivity contribution in [2.24, 2.45) is 0 Å². The Morgan fingerprint density at radius 3 is 2.26 bits per heavy atom. The van der Waals surface area contributed by atoms with Gasteiger partial charge in [0.25, 0.3) is 0 Å². The zero-order valence-electron chi connectivity index (χ0n) is 22.0. The highest BCUT2D eigenvalue weighted by atomic mass is 19.4. The quantitative estimate of drug-likeness (QED) is 0.309. The van der Waals surface area contributed by atoms with Gasteiger partial charge >= 0.3 is 18.2 Å². The zero-order chi connectivity index (χ0) is 28.6. The standard InChI is InChI=1S/C29H31F3N2O5/c1-4-34(28(37)33-17-19-6-10-23(35)11-7-19)18-21-16-22(29(30,31)32)9-12-24(21)25-14-20(8-13-26(25)38-3)15-27(36)39-5-2/h6-14,16,35H,4-5,15,17-18H2,1-3H3,(H,33,37). The van der Waals surface area contributed by atoms with E-state index in [1.165, 1.54) is 30.2 Å². The number of nitrogens with zero attached hydrogens (tertiary/aromatic N) is 1. The number of carbonyl (C=O) groups excluding carboxylic acids is 2. The van der Waals surface area contributed by atoms with Crippen LogP contribution in [0.5, 0.6) is 11.5 Å². The summed E-state index contributed by atoms with van der Waals surface area (Å²) < 4.78 is 51.5. The maximum absolute atomic E-state index is 13.7. The van der Waals surface area contributed by atoms with Gasteiger partial charge in [-0.3, -0.25) is 4.79 Å². The summed E-state index contributed by atoms with van der Waals surface area (Å²) >= 11 is 0. The topological polar surface area (TPSA) is 88.1 Å². The molecule has 3 aromatic rings. The Bertz CT molecular complexity index is 1290. The lowest BCUT2D eigenvalue weighted by Crippen LogP contribution is -2.39. The number of carbonyl (C=O) groups is 2. The largest absolute Gasteiger partial charge is 0.508 e. The van der Waals surface area contributed by atoms with Crippen molar-refractivity contribution in [1.29, 1.82) is 0 Å². The molecule has 0 aliphatic rings. The number of urea groups is 1. The second kappa shape index (κ2) is 13.0. The molecular weight excluding hydrogens is 513 g/mol. The van der Waals surface area contributed by atoms with Crippen LogP contribution in [0, 0.1) is 0 Å². The predicted molar refractivity (Wildman–Crippen MR) is 140 cm³/mol. The highest BCUT2D eigenvalue weighted by Gasteiger charge is 2.31. The number of aromatic hydroxyl groups is 1. The molecule has 0 unspecified atom stereocenters. The number of phenolic OH excluding ortho intramolecular Hbond substituents is 1. The molecule has 208 valence electrons. The molecule has 0 fully saturated rings. The number of phenols is 1. The average Bonchev–Trinajstić information content (AvgIpc) is 2.90. The molecule has 0 atom stereocenters. The smallest absolute Gasteiger partial charge is 0.416 e. The van der Waals surface area contributed by atoms with Crippen LogP contribution >= 0.6 is 0 Å². The number of benzene rings is 3. The van der Waals surface area contributed by atoms with E-state index in [1.54, 1.807) is 44.2 Å². The van der Waals surface area contributed by atoms with Crippen LogP contribution in [0.4, 0.5) is 18.0 Å². The first-order valence-corrected chi connectivity index (χ1v) is 12.4. The molecule has 0 saturated carbocycles. The van der Waals surface area contributed by atoms with E-state index in [0.717, 1.165) is 17.7 Å². The molecule has 10 heteroatoms. The number of hydrogen-bond acceptors (Lipinski definition) is 5. The molecule has 0 radical (unpaired) electrons. The summed E-state index contributed by atoms with van der Waals surface area (Å²) in [6.45, 7) is 3.96. The Morgan fingerprint density at radius 1 is 0.949 bits per heavy atom. The van der Waals surface area contributed by atoms with Crippen LogP contribution in [0.1, 0.15) is 36.1 Å². The number of alkyl halides is 3. The van der Waals surface area contributed by atoms with Crippen molar-refractivity contribution in [2.75, 3.05) is 20.3 Å². The van der Waals surface area contributed by atoms with Gasteiger partial charge in [-0.05, 0) is 72.5 Å². The van der Waals surface area contributed by atoms with Gasteiger partial charge in [0.1, 0.15) is 11.5 Å². The van der Waals surface area contributed by atoms with E-state index in [9.17, 15) is 27.9 Å². The van der Waals surface area contributed by atoms with Crippen LogP contribution in [0.25, 0.3) is 11.1 Å². The Labute approximate surface area is 225 Å². The Hall–Kier alpha value is -4.21. The van der Waals surface area contributed by atoms with Gasteiger partial charge in [0, 0.05) is 25.2 Å². The number of halogens is 3. The van der Waals surface area contributed by atoms with E-state index < -0.39 is 23.7 Å². The average molecular weight is 545 g/mol. The first-order valence-electron chi connectivity index (χ1n) is 12.4. The molecule has 3 rings (SSSR count). The van der Waals surface area contributed by atoms with E-state index in [0.29, 0.717) is 22.4 Å². The molecule has 3 aromatic carbocycles. The lowest BCUT2D eigenvalue weighted by atomic mass is 9.94. The number of amides is 2. The first kappa shape index (κ1) is 29.3. The molecule has 0 saturated heterocycles. The fraction of sp³-hybridized carbons (Fsp3) is 0.310. The molecule has 0 aliphatic carbocycles. The van der Waals surface area contributed by atoms with Crippen molar-refractivity contribution < 1.29 is 37.3 Å². The van der Waals surface area contributed by atoms with Crippen LogP contribution in [-0.2, 0) is 35.2 Å². The van der Waals surface area contributed by atoms with E-state index in [2.05, 4.69) is 5.32 Å². The zero-order valence-corrected chi connectivity index (χ0v) is 22.0. The molecule has 0 heterocycles. The van der Waals surface area contributed by atoms with Gasteiger partial charge in [-0.25, -0.2) is 4.79 Å².